The molecule has 2 fully saturated rings. The van der Waals surface area contributed by atoms with E-state index in [9.17, 15) is 4.79 Å². The van der Waals surface area contributed by atoms with E-state index < -0.39 is 0 Å². The highest BCUT2D eigenvalue weighted by atomic mass is 35.5. The van der Waals surface area contributed by atoms with Crippen molar-refractivity contribution in [2.75, 3.05) is 12.4 Å². The van der Waals surface area contributed by atoms with Gasteiger partial charge in [0, 0.05) is 24.9 Å². The fourth-order valence-electron chi connectivity index (χ4n) is 3.61. The van der Waals surface area contributed by atoms with E-state index in [-0.39, 0.29) is 0 Å². The molecule has 3 heteroatoms. The topological polar surface area (TPSA) is 20.3 Å². The number of carbonyl (C=O) groups excluding carboxylic acids is 1. The molecule has 1 aliphatic heterocycles. The summed E-state index contributed by atoms with van der Waals surface area (Å²) in [5.41, 5.74) is 0. The number of rotatable bonds is 4. The van der Waals surface area contributed by atoms with Gasteiger partial charge in [-0.25, -0.2) is 0 Å². The Bertz CT molecular complexity index is 276. The molecular formula is C16H28ClNO. The molecule has 110 valence electrons. The van der Waals surface area contributed by atoms with Gasteiger partial charge >= 0.3 is 0 Å². The van der Waals surface area contributed by atoms with E-state index in [2.05, 4.69) is 4.90 Å². The Kier molecular flexibility index (Phi) is 6.49. The van der Waals surface area contributed by atoms with Gasteiger partial charge in [-0.2, -0.15) is 0 Å². The molecule has 0 spiro atoms. The standard InChI is InChI=1S/C16H28ClNO/c17-13-15-9-5-2-6-12-18(15)16(19)11-10-14-7-3-1-4-8-14/h14-15H,1-13H2. The van der Waals surface area contributed by atoms with E-state index in [1.54, 1.807) is 0 Å². The molecule has 1 aliphatic carbocycles. The second-order valence-electron chi connectivity index (χ2n) is 6.29. The van der Waals surface area contributed by atoms with E-state index in [1.807, 2.05) is 0 Å². The van der Waals surface area contributed by atoms with E-state index in [0.717, 1.165) is 38.1 Å². The summed E-state index contributed by atoms with van der Waals surface area (Å²) < 4.78 is 0. The molecule has 1 amide bonds. The molecule has 2 rings (SSSR count). The highest BCUT2D eigenvalue weighted by molar-refractivity contribution is 6.18. The van der Waals surface area contributed by atoms with Crippen LogP contribution >= 0.6 is 11.6 Å². The molecule has 0 aromatic rings. The van der Waals surface area contributed by atoms with Crippen LogP contribution in [0.5, 0.6) is 0 Å². The summed E-state index contributed by atoms with van der Waals surface area (Å²) in [5, 5.41) is 0. The average molecular weight is 286 g/mol. The lowest BCUT2D eigenvalue weighted by atomic mass is 9.86. The molecule has 0 aromatic heterocycles. The molecule has 1 atom stereocenters. The molecule has 0 radical (unpaired) electrons. The van der Waals surface area contributed by atoms with Gasteiger partial charge in [-0.05, 0) is 25.2 Å². The smallest absolute Gasteiger partial charge is 0.222 e. The molecule has 2 aliphatic rings. The van der Waals surface area contributed by atoms with Crippen LogP contribution in [0.1, 0.15) is 70.6 Å². The third-order valence-electron chi connectivity index (χ3n) is 4.87. The fourth-order valence-corrected chi connectivity index (χ4v) is 3.93. The Labute approximate surface area is 122 Å². The first-order valence-corrected chi connectivity index (χ1v) is 8.70. The lowest BCUT2D eigenvalue weighted by Gasteiger charge is -2.29. The fraction of sp³-hybridized carbons (Fsp3) is 0.938. The zero-order valence-electron chi connectivity index (χ0n) is 12.1. The maximum absolute atomic E-state index is 12.4. The SMILES string of the molecule is O=C(CCC1CCCCC1)N1CCCCCC1CCl. The molecule has 1 unspecified atom stereocenters. The van der Waals surface area contributed by atoms with Crippen LogP contribution in [0.2, 0.25) is 0 Å². The molecule has 1 saturated carbocycles. The van der Waals surface area contributed by atoms with E-state index in [1.165, 1.54) is 44.9 Å². The predicted octanol–water partition coefficient (Wildman–Crippen LogP) is 4.36. The minimum atomic E-state index is 0.294. The quantitative estimate of drug-likeness (QED) is 0.703. The van der Waals surface area contributed by atoms with Gasteiger partial charge in [-0.3, -0.25) is 4.79 Å². The highest BCUT2D eigenvalue weighted by Gasteiger charge is 2.25. The second kappa shape index (κ2) is 8.14. The Morgan fingerprint density at radius 1 is 1.00 bits per heavy atom. The van der Waals surface area contributed by atoms with Crippen LogP contribution in [0, 0.1) is 5.92 Å². The van der Waals surface area contributed by atoms with Crippen molar-refractivity contribution in [1.82, 2.24) is 4.90 Å². The van der Waals surface area contributed by atoms with Crippen molar-refractivity contribution in [3.05, 3.63) is 0 Å². The predicted molar refractivity (Wildman–Crippen MR) is 80.5 cm³/mol. The third-order valence-corrected chi connectivity index (χ3v) is 5.22. The van der Waals surface area contributed by atoms with Crippen LogP contribution in [0.25, 0.3) is 0 Å². The van der Waals surface area contributed by atoms with Gasteiger partial charge in [0.05, 0.1) is 0 Å². The van der Waals surface area contributed by atoms with Gasteiger partial charge in [0.15, 0.2) is 0 Å². The molecular weight excluding hydrogens is 258 g/mol. The Balaban J connectivity index is 1.79. The van der Waals surface area contributed by atoms with Gasteiger partial charge in [0.1, 0.15) is 0 Å². The van der Waals surface area contributed by atoms with Gasteiger partial charge in [-0.15, -0.1) is 11.6 Å². The molecule has 0 bridgehead atoms. The third kappa shape index (κ3) is 4.66. The van der Waals surface area contributed by atoms with Crippen molar-refractivity contribution in [2.45, 2.75) is 76.7 Å². The summed E-state index contributed by atoms with van der Waals surface area (Å²) in [4.78, 5) is 14.5. The average Bonchev–Trinajstić information content (AvgIpc) is 2.71. The Hall–Kier alpha value is -0.240. The molecule has 19 heavy (non-hydrogen) atoms. The van der Waals surface area contributed by atoms with Crippen LogP contribution in [-0.4, -0.2) is 29.3 Å². The van der Waals surface area contributed by atoms with Crippen LogP contribution in [-0.2, 0) is 4.79 Å². The van der Waals surface area contributed by atoms with Crippen LogP contribution in [0.4, 0.5) is 0 Å². The lowest BCUT2D eigenvalue weighted by Crippen LogP contribution is -2.41. The molecule has 0 N–H and O–H groups in total. The monoisotopic (exact) mass is 285 g/mol. The minimum absolute atomic E-state index is 0.294. The van der Waals surface area contributed by atoms with Crippen molar-refractivity contribution in [3.63, 3.8) is 0 Å². The van der Waals surface area contributed by atoms with E-state index in [4.69, 9.17) is 11.6 Å². The normalized spacial score (nSPS) is 26.2. The zero-order chi connectivity index (χ0) is 13.5. The molecule has 0 aromatic carbocycles. The number of likely N-dealkylation sites (tertiary alicyclic amines) is 1. The van der Waals surface area contributed by atoms with Gasteiger partial charge < -0.3 is 4.90 Å². The van der Waals surface area contributed by atoms with Crippen molar-refractivity contribution in [3.8, 4) is 0 Å². The first-order chi connectivity index (χ1) is 9.31. The van der Waals surface area contributed by atoms with Crippen LogP contribution in [0.15, 0.2) is 0 Å². The summed E-state index contributed by atoms with van der Waals surface area (Å²) >= 11 is 6.05. The van der Waals surface area contributed by atoms with Crippen molar-refractivity contribution >= 4 is 17.5 Å². The number of alkyl halides is 1. The van der Waals surface area contributed by atoms with E-state index >= 15 is 0 Å². The summed E-state index contributed by atoms with van der Waals surface area (Å²) in [6, 6.07) is 0.294. The van der Waals surface area contributed by atoms with Gasteiger partial charge in [0.25, 0.3) is 0 Å². The van der Waals surface area contributed by atoms with Gasteiger partial charge in [-0.1, -0.05) is 44.9 Å². The number of hydrogen-bond donors (Lipinski definition) is 0. The largest absolute Gasteiger partial charge is 0.339 e. The lowest BCUT2D eigenvalue weighted by molar-refractivity contribution is -0.133. The van der Waals surface area contributed by atoms with Crippen LogP contribution < -0.4 is 0 Å². The van der Waals surface area contributed by atoms with Crippen molar-refractivity contribution in [2.24, 2.45) is 5.92 Å². The first kappa shape index (κ1) is 15.2. The summed E-state index contributed by atoms with van der Waals surface area (Å²) in [7, 11) is 0. The number of hydrogen-bond acceptors (Lipinski definition) is 1. The second-order valence-corrected chi connectivity index (χ2v) is 6.60. The van der Waals surface area contributed by atoms with Gasteiger partial charge in [0.2, 0.25) is 5.91 Å². The Morgan fingerprint density at radius 3 is 2.42 bits per heavy atom. The van der Waals surface area contributed by atoms with E-state index in [0.29, 0.717) is 17.8 Å². The summed E-state index contributed by atoms with van der Waals surface area (Å²) in [5.74, 6) is 1.77. The van der Waals surface area contributed by atoms with Crippen molar-refractivity contribution in [1.29, 1.82) is 0 Å². The summed E-state index contributed by atoms with van der Waals surface area (Å²) in [6.45, 7) is 0.931. The number of carbonyl (C=O) groups is 1. The molecule has 2 nitrogen and oxygen atoms in total. The molecule has 1 heterocycles. The Morgan fingerprint density at radius 2 is 1.68 bits per heavy atom. The highest BCUT2D eigenvalue weighted by Crippen LogP contribution is 2.28. The van der Waals surface area contributed by atoms with Crippen molar-refractivity contribution < 1.29 is 4.79 Å². The zero-order valence-corrected chi connectivity index (χ0v) is 12.8. The number of amides is 1. The summed E-state index contributed by atoms with van der Waals surface area (Å²) in [6.07, 6.45) is 13.4. The maximum atomic E-state index is 12.4. The number of nitrogens with zero attached hydrogens (tertiary/aromatic N) is 1. The first-order valence-electron chi connectivity index (χ1n) is 8.16. The van der Waals surface area contributed by atoms with Crippen LogP contribution in [0.3, 0.4) is 0 Å². The molecule has 1 saturated heterocycles. The number of halogens is 1. The minimum Gasteiger partial charge on any atom is -0.339 e. The maximum Gasteiger partial charge on any atom is 0.222 e.